The van der Waals surface area contributed by atoms with Crippen molar-refractivity contribution in [3.05, 3.63) is 48.3 Å². The Morgan fingerprint density at radius 3 is 2.47 bits per heavy atom. The molecule has 1 aromatic heterocycles. The van der Waals surface area contributed by atoms with Crippen LogP contribution in [0.4, 0.5) is 0 Å². The molecule has 1 heterocycles. The highest BCUT2D eigenvalue weighted by atomic mass is 32.2. The average Bonchev–Trinajstić information content (AvgIpc) is 2.80. The zero-order valence-electron chi connectivity index (χ0n) is 8.92. The smallest absolute Gasteiger partial charge is 0.240 e. The van der Waals surface area contributed by atoms with Gasteiger partial charge in [-0.25, -0.2) is 13.1 Å². The SMILES string of the molecule is O=S(=O)(NCc1cc[nH]c1)c1ccc(O)cc1. The van der Waals surface area contributed by atoms with E-state index >= 15 is 0 Å². The molecule has 0 aliphatic carbocycles. The first-order chi connectivity index (χ1) is 8.08. The van der Waals surface area contributed by atoms with Gasteiger partial charge in [0.1, 0.15) is 5.75 Å². The molecule has 0 bridgehead atoms. The van der Waals surface area contributed by atoms with E-state index < -0.39 is 10.0 Å². The van der Waals surface area contributed by atoms with E-state index in [0.29, 0.717) is 0 Å². The molecule has 0 spiro atoms. The predicted molar refractivity (Wildman–Crippen MR) is 62.9 cm³/mol. The lowest BCUT2D eigenvalue weighted by Gasteiger charge is -2.05. The number of H-pyrrole nitrogens is 1. The quantitative estimate of drug-likeness (QED) is 0.764. The molecule has 1 aromatic carbocycles. The molecule has 6 heteroatoms. The number of sulfonamides is 1. The monoisotopic (exact) mass is 252 g/mol. The Morgan fingerprint density at radius 1 is 1.18 bits per heavy atom. The second-order valence-corrected chi connectivity index (χ2v) is 5.30. The fourth-order valence-electron chi connectivity index (χ4n) is 1.36. The topological polar surface area (TPSA) is 82.2 Å². The second kappa shape index (κ2) is 4.60. The number of hydrogen-bond acceptors (Lipinski definition) is 3. The van der Waals surface area contributed by atoms with Gasteiger partial charge < -0.3 is 10.1 Å². The second-order valence-electron chi connectivity index (χ2n) is 3.54. The fourth-order valence-corrected chi connectivity index (χ4v) is 2.37. The van der Waals surface area contributed by atoms with Crippen molar-refractivity contribution in [1.82, 2.24) is 9.71 Å². The summed E-state index contributed by atoms with van der Waals surface area (Å²) in [6, 6.07) is 7.18. The van der Waals surface area contributed by atoms with Gasteiger partial charge >= 0.3 is 0 Å². The van der Waals surface area contributed by atoms with Gasteiger partial charge in [-0.15, -0.1) is 0 Å². The number of rotatable bonds is 4. The summed E-state index contributed by atoms with van der Waals surface area (Å²) in [5.41, 5.74) is 0.854. The minimum atomic E-state index is -3.53. The van der Waals surface area contributed by atoms with Crippen LogP contribution in [0.15, 0.2) is 47.6 Å². The maximum absolute atomic E-state index is 11.8. The number of hydrogen-bond donors (Lipinski definition) is 3. The van der Waals surface area contributed by atoms with E-state index in [2.05, 4.69) is 9.71 Å². The zero-order chi connectivity index (χ0) is 12.3. The number of nitrogens with one attached hydrogen (secondary N) is 2. The highest BCUT2D eigenvalue weighted by molar-refractivity contribution is 7.89. The van der Waals surface area contributed by atoms with Crippen LogP contribution in [-0.2, 0) is 16.6 Å². The summed E-state index contributed by atoms with van der Waals surface area (Å²) >= 11 is 0. The van der Waals surface area contributed by atoms with Gasteiger partial charge in [-0.2, -0.15) is 0 Å². The third-order valence-electron chi connectivity index (χ3n) is 2.28. The zero-order valence-corrected chi connectivity index (χ0v) is 9.74. The van der Waals surface area contributed by atoms with E-state index in [9.17, 15) is 8.42 Å². The molecule has 0 amide bonds. The van der Waals surface area contributed by atoms with Crippen LogP contribution < -0.4 is 4.72 Å². The number of aromatic hydroxyl groups is 1. The summed E-state index contributed by atoms with van der Waals surface area (Å²) in [7, 11) is -3.53. The average molecular weight is 252 g/mol. The lowest BCUT2D eigenvalue weighted by atomic mass is 10.3. The molecule has 17 heavy (non-hydrogen) atoms. The first-order valence-electron chi connectivity index (χ1n) is 4.98. The molecule has 5 nitrogen and oxygen atoms in total. The Balaban J connectivity index is 2.11. The van der Waals surface area contributed by atoms with E-state index in [4.69, 9.17) is 5.11 Å². The van der Waals surface area contributed by atoms with Crippen molar-refractivity contribution < 1.29 is 13.5 Å². The Labute approximate surface area is 99.2 Å². The molecule has 0 atom stereocenters. The minimum absolute atomic E-state index is 0.0367. The summed E-state index contributed by atoms with van der Waals surface area (Å²) < 4.78 is 26.1. The first kappa shape index (κ1) is 11.7. The Kier molecular flexibility index (Phi) is 3.16. The van der Waals surface area contributed by atoms with Gasteiger partial charge in [0.15, 0.2) is 0 Å². The lowest BCUT2D eigenvalue weighted by Crippen LogP contribution is -2.22. The van der Waals surface area contributed by atoms with Crippen LogP contribution >= 0.6 is 0 Å². The van der Waals surface area contributed by atoms with Crippen LogP contribution in [0.2, 0.25) is 0 Å². The molecular weight excluding hydrogens is 240 g/mol. The molecule has 0 aliphatic rings. The summed E-state index contributed by atoms with van der Waals surface area (Å²) in [5, 5.41) is 9.08. The van der Waals surface area contributed by atoms with E-state index in [1.54, 1.807) is 18.5 Å². The van der Waals surface area contributed by atoms with Gasteiger partial charge in [0, 0.05) is 18.9 Å². The molecule has 0 radical (unpaired) electrons. The van der Waals surface area contributed by atoms with Gasteiger partial charge in [-0.3, -0.25) is 0 Å². The molecule has 0 saturated heterocycles. The van der Waals surface area contributed by atoms with Crippen LogP contribution in [0.3, 0.4) is 0 Å². The fraction of sp³-hybridized carbons (Fsp3) is 0.0909. The van der Waals surface area contributed by atoms with E-state index in [0.717, 1.165) is 5.56 Å². The Hall–Kier alpha value is -1.79. The summed E-state index contributed by atoms with van der Waals surface area (Å²) in [6.45, 7) is 0.229. The van der Waals surface area contributed by atoms with Gasteiger partial charge in [0.05, 0.1) is 4.90 Å². The largest absolute Gasteiger partial charge is 0.508 e. The standard InChI is InChI=1S/C11H12N2O3S/c14-10-1-3-11(4-2-10)17(15,16)13-8-9-5-6-12-7-9/h1-7,12-14H,8H2. The van der Waals surface area contributed by atoms with Crippen molar-refractivity contribution in [2.24, 2.45) is 0 Å². The van der Waals surface area contributed by atoms with Gasteiger partial charge in [-0.05, 0) is 35.9 Å². The van der Waals surface area contributed by atoms with E-state index in [1.165, 1.54) is 24.3 Å². The molecule has 90 valence electrons. The number of phenolic OH excluding ortho intramolecular Hbond substituents is 1. The summed E-state index contributed by atoms with van der Waals surface area (Å²) in [6.07, 6.45) is 3.45. The molecule has 0 saturated carbocycles. The van der Waals surface area contributed by atoms with Crippen LogP contribution in [0.5, 0.6) is 5.75 Å². The number of aromatic amines is 1. The van der Waals surface area contributed by atoms with Crippen LogP contribution in [-0.4, -0.2) is 18.5 Å². The number of phenols is 1. The molecule has 0 fully saturated rings. The van der Waals surface area contributed by atoms with Crippen molar-refractivity contribution >= 4 is 10.0 Å². The minimum Gasteiger partial charge on any atom is -0.508 e. The molecule has 0 aliphatic heterocycles. The van der Waals surface area contributed by atoms with Crippen molar-refractivity contribution in [3.63, 3.8) is 0 Å². The molecule has 2 rings (SSSR count). The van der Waals surface area contributed by atoms with E-state index in [1.807, 2.05) is 0 Å². The summed E-state index contributed by atoms with van der Waals surface area (Å²) in [4.78, 5) is 2.98. The third-order valence-corrected chi connectivity index (χ3v) is 3.69. The van der Waals surface area contributed by atoms with Crippen LogP contribution in [0.1, 0.15) is 5.56 Å². The number of benzene rings is 1. The van der Waals surface area contributed by atoms with E-state index in [-0.39, 0.29) is 17.2 Å². The molecular formula is C11H12N2O3S. The number of aromatic nitrogens is 1. The van der Waals surface area contributed by atoms with Crippen molar-refractivity contribution in [2.75, 3.05) is 0 Å². The van der Waals surface area contributed by atoms with Crippen molar-refractivity contribution in [2.45, 2.75) is 11.4 Å². The molecule has 0 unspecified atom stereocenters. The maximum atomic E-state index is 11.8. The lowest BCUT2D eigenvalue weighted by molar-refractivity contribution is 0.474. The van der Waals surface area contributed by atoms with Crippen molar-refractivity contribution in [1.29, 1.82) is 0 Å². The van der Waals surface area contributed by atoms with Gasteiger partial charge in [-0.1, -0.05) is 0 Å². The Bertz CT molecular complexity index is 574. The maximum Gasteiger partial charge on any atom is 0.240 e. The third kappa shape index (κ3) is 2.86. The molecule has 2 aromatic rings. The first-order valence-corrected chi connectivity index (χ1v) is 6.46. The van der Waals surface area contributed by atoms with Crippen LogP contribution in [0, 0.1) is 0 Å². The van der Waals surface area contributed by atoms with Gasteiger partial charge in [0.2, 0.25) is 10.0 Å². The van der Waals surface area contributed by atoms with Gasteiger partial charge in [0.25, 0.3) is 0 Å². The molecule has 3 N–H and O–H groups in total. The van der Waals surface area contributed by atoms with Crippen LogP contribution in [0.25, 0.3) is 0 Å². The Morgan fingerprint density at radius 2 is 1.88 bits per heavy atom. The normalized spacial score (nSPS) is 11.5. The highest BCUT2D eigenvalue weighted by Crippen LogP contribution is 2.14. The highest BCUT2D eigenvalue weighted by Gasteiger charge is 2.13. The summed E-state index contributed by atoms with van der Waals surface area (Å²) in [5.74, 6) is 0.0367. The predicted octanol–water partition coefficient (Wildman–Crippen LogP) is 1.20. The van der Waals surface area contributed by atoms with Crippen molar-refractivity contribution in [3.8, 4) is 5.75 Å².